The standard InChI is InChI=1S/C21H12FN7O/c22-16-9-14-19(25-18(16)15-11-24-29-8-2-1-3-17(15)29)27-28-20(14)26-21(30)13-6-4-12(10-23)5-7-13/h1-9,11H,(H2,25,26,27,28,30). The van der Waals surface area contributed by atoms with Crippen LogP contribution in [0.1, 0.15) is 15.9 Å². The molecule has 0 aliphatic carbocycles. The number of H-pyrrole nitrogens is 1. The van der Waals surface area contributed by atoms with E-state index in [0.29, 0.717) is 27.7 Å². The lowest BCUT2D eigenvalue weighted by Gasteiger charge is -2.04. The molecule has 2 N–H and O–H groups in total. The molecular weight excluding hydrogens is 385 g/mol. The Morgan fingerprint density at radius 2 is 2.03 bits per heavy atom. The van der Waals surface area contributed by atoms with Gasteiger partial charge in [0.05, 0.1) is 28.7 Å². The Morgan fingerprint density at radius 1 is 1.20 bits per heavy atom. The Kier molecular flexibility index (Phi) is 3.96. The third-order valence-corrected chi connectivity index (χ3v) is 4.69. The molecule has 5 aromatic rings. The third-order valence-electron chi connectivity index (χ3n) is 4.69. The predicted octanol–water partition coefficient (Wildman–Crippen LogP) is 3.54. The highest BCUT2D eigenvalue weighted by Crippen LogP contribution is 2.29. The Balaban J connectivity index is 1.51. The number of hydrogen-bond acceptors (Lipinski definition) is 5. The number of nitriles is 1. The van der Waals surface area contributed by atoms with Crippen LogP contribution in [0.25, 0.3) is 27.8 Å². The zero-order valence-electron chi connectivity index (χ0n) is 15.3. The molecule has 1 aromatic carbocycles. The number of aromatic nitrogens is 5. The lowest BCUT2D eigenvalue weighted by atomic mass is 10.1. The quantitative estimate of drug-likeness (QED) is 0.484. The molecule has 0 saturated heterocycles. The van der Waals surface area contributed by atoms with Gasteiger partial charge in [-0.05, 0) is 42.5 Å². The molecule has 0 fully saturated rings. The number of fused-ring (bicyclic) bond motifs is 2. The van der Waals surface area contributed by atoms with E-state index >= 15 is 0 Å². The van der Waals surface area contributed by atoms with Crippen molar-refractivity contribution in [2.24, 2.45) is 0 Å². The van der Waals surface area contributed by atoms with E-state index in [0.717, 1.165) is 5.52 Å². The van der Waals surface area contributed by atoms with Gasteiger partial charge in [0, 0.05) is 17.3 Å². The summed E-state index contributed by atoms with van der Waals surface area (Å²) in [5, 5.41) is 22.8. The van der Waals surface area contributed by atoms with Gasteiger partial charge >= 0.3 is 0 Å². The van der Waals surface area contributed by atoms with Crippen molar-refractivity contribution in [1.82, 2.24) is 24.8 Å². The van der Waals surface area contributed by atoms with Gasteiger partial charge in [-0.3, -0.25) is 9.89 Å². The van der Waals surface area contributed by atoms with Gasteiger partial charge in [0.15, 0.2) is 17.3 Å². The van der Waals surface area contributed by atoms with Crippen molar-refractivity contribution in [1.29, 1.82) is 5.26 Å². The van der Waals surface area contributed by atoms with Gasteiger partial charge in [0.1, 0.15) is 5.69 Å². The SMILES string of the molecule is N#Cc1ccc(C(=O)Nc2n[nH]c3nc(-c4cnn5ccccc45)c(F)cc23)cc1. The number of nitrogens with zero attached hydrogens (tertiary/aromatic N) is 5. The number of carbonyl (C=O) groups excluding carboxylic acids is 1. The highest BCUT2D eigenvalue weighted by atomic mass is 19.1. The van der Waals surface area contributed by atoms with Crippen LogP contribution in [0.5, 0.6) is 0 Å². The van der Waals surface area contributed by atoms with Crippen LogP contribution in [0.4, 0.5) is 10.2 Å². The molecule has 0 saturated carbocycles. The summed E-state index contributed by atoms with van der Waals surface area (Å²) in [6.45, 7) is 0. The van der Waals surface area contributed by atoms with Crippen molar-refractivity contribution in [2.45, 2.75) is 0 Å². The maximum atomic E-state index is 14.9. The number of halogens is 1. The Bertz CT molecular complexity index is 1460. The fourth-order valence-corrected chi connectivity index (χ4v) is 3.20. The maximum Gasteiger partial charge on any atom is 0.256 e. The van der Waals surface area contributed by atoms with Crippen LogP contribution in [0.2, 0.25) is 0 Å². The zero-order chi connectivity index (χ0) is 20.7. The van der Waals surface area contributed by atoms with Crippen molar-refractivity contribution in [2.75, 3.05) is 5.32 Å². The van der Waals surface area contributed by atoms with Crippen LogP contribution < -0.4 is 5.32 Å². The number of amides is 1. The van der Waals surface area contributed by atoms with E-state index in [1.807, 2.05) is 24.3 Å². The van der Waals surface area contributed by atoms with Gasteiger partial charge in [-0.15, -0.1) is 0 Å². The molecule has 8 nitrogen and oxygen atoms in total. The summed E-state index contributed by atoms with van der Waals surface area (Å²) < 4.78 is 16.6. The second-order valence-electron chi connectivity index (χ2n) is 6.52. The zero-order valence-corrected chi connectivity index (χ0v) is 15.3. The van der Waals surface area contributed by atoms with E-state index in [-0.39, 0.29) is 11.5 Å². The molecule has 0 aliphatic rings. The molecule has 9 heteroatoms. The number of rotatable bonds is 3. The first-order chi connectivity index (χ1) is 14.6. The summed E-state index contributed by atoms with van der Waals surface area (Å²) >= 11 is 0. The summed E-state index contributed by atoms with van der Waals surface area (Å²) in [5.74, 6) is -0.825. The molecule has 0 radical (unpaired) electrons. The Labute approximate surface area is 168 Å². The van der Waals surface area contributed by atoms with Gasteiger partial charge in [-0.25, -0.2) is 13.9 Å². The smallest absolute Gasteiger partial charge is 0.256 e. The molecule has 144 valence electrons. The maximum absolute atomic E-state index is 14.9. The monoisotopic (exact) mass is 397 g/mol. The molecule has 0 atom stereocenters. The van der Waals surface area contributed by atoms with Crippen molar-refractivity contribution in [3.8, 4) is 17.3 Å². The highest BCUT2D eigenvalue weighted by molar-refractivity contribution is 6.07. The van der Waals surface area contributed by atoms with Crippen LogP contribution in [0, 0.1) is 17.1 Å². The second-order valence-corrected chi connectivity index (χ2v) is 6.52. The van der Waals surface area contributed by atoms with Gasteiger partial charge in [-0.1, -0.05) is 6.07 Å². The van der Waals surface area contributed by atoms with Crippen LogP contribution >= 0.6 is 0 Å². The highest BCUT2D eigenvalue weighted by Gasteiger charge is 2.18. The number of benzene rings is 1. The molecule has 1 amide bonds. The average molecular weight is 397 g/mol. The predicted molar refractivity (Wildman–Crippen MR) is 107 cm³/mol. The molecular formula is C21H12FN7O. The number of anilines is 1. The fraction of sp³-hybridized carbons (Fsp3) is 0. The minimum Gasteiger partial charge on any atom is -0.305 e. The van der Waals surface area contributed by atoms with E-state index < -0.39 is 11.7 Å². The fourth-order valence-electron chi connectivity index (χ4n) is 3.20. The first kappa shape index (κ1) is 17.5. The van der Waals surface area contributed by atoms with Crippen LogP contribution in [-0.4, -0.2) is 30.7 Å². The summed E-state index contributed by atoms with van der Waals surface area (Å²) in [6.07, 6.45) is 3.32. The van der Waals surface area contributed by atoms with Gasteiger partial charge in [0.2, 0.25) is 0 Å². The first-order valence-electron chi connectivity index (χ1n) is 8.93. The summed E-state index contributed by atoms with van der Waals surface area (Å²) in [4.78, 5) is 16.8. The van der Waals surface area contributed by atoms with E-state index in [2.05, 4.69) is 25.6 Å². The molecule has 4 aromatic heterocycles. The second kappa shape index (κ2) is 6.79. The van der Waals surface area contributed by atoms with E-state index in [1.165, 1.54) is 18.2 Å². The van der Waals surface area contributed by atoms with Crippen LogP contribution in [0.15, 0.2) is 60.9 Å². The Morgan fingerprint density at radius 3 is 2.83 bits per heavy atom. The van der Waals surface area contributed by atoms with E-state index in [9.17, 15) is 9.18 Å². The van der Waals surface area contributed by atoms with Crippen LogP contribution in [-0.2, 0) is 0 Å². The molecule has 0 spiro atoms. The minimum atomic E-state index is -0.559. The van der Waals surface area contributed by atoms with Gasteiger partial charge < -0.3 is 5.32 Å². The first-order valence-corrected chi connectivity index (χ1v) is 8.93. The van der Waals surface area contributed by atoms with Crippen molar-refractivity contribution < 1.29 is 9.18 Å². The summed E-state index contributed by atoms with van der Waals surface area (Å²) in [7, 11) is 0. The Hall–Kier alpha value is -4.58. The van der Waals surface area contributed by atoms with Crippen molar-refractivity contribution in [3.05, 3.63) is 77.9 Å². The normalized spacial score (nSPS) is 10.9. The largest absolute Gasteiger partial charge is 0.305 e. The molecule has 30 heavy (non-hydrogen) atoms. The van der Waals surface area contributed by atoms with Gasteiger partial charge in [-0.2, -0.15) is 15.5 Å². The average Bonchev–Trinajstić information content (AvgIpc) is 3.37. The number of carbonyl (C=O) groups is 1. The number of hydrogen-bond donors (Lipinski definition) is 2. The number of pyridine rings is 2. The minimum absolute atomic E-state index is 0.136. The van der Waals surface area contributed by atoms with E-state index in [4.69, 9.17) is 5.26 Å². The van der Waals surface area contributed by atoms with Crippen LogP contribution in [0.3, 0.4) is 0 Å². The van der Waals surface area contributed by atoms with Gasteiger partial charge in [0.25, 0.3) is 5.91 Å². The molecule has 0 bridgehead atoms. The van der Waals surface area contributed by atoms with E-state index in [1.54, 1.807) is 29.0 Å². The summed E-state index contributed by atoms with van der Waals surface area (Å²) in [5.41, 5.74) is 2.53. The molecule has 0 unspecified atom stereocenters. The molecule has 0 aliphatic heterocycles. The molecule has 4 heterocycles. The summed E-state index contributed by atoms with van der Waals surface area (Å²) in [6, 6.07) is 14.9. The van der Waals surface area contributed by atoms with Crippen molar-refractivity contribution >= 4 is 28.3 Å². The number of nitrogens with one attached hydrogen (secondary N) is 2. The number of aromatic amines is 1. The molecule has 5 rings (SSSR count). The lowest BCUT2D eigenvalue weighted by Crippen LogP contribution is -2.12. The lowest BCUT2D eigenvalue weighted by molar-refractivity contribution is 0.102. The topological polar surface area (TPSA) is 112 Å². The third kappa shape index (κ3) is 2.84. The van der Waals surface area contributed by atoms with Crippen molar-refractivity contribution in [3.63, 3.8) is 0 Å².